The Hall–Kier alpha value is -2.38. The number of benzene rings is 1. The van der Waals surface area contributed by atoms with Crippen LogP contribution in [0, 0.1) is 12.3 Å². The van der Waals surface area contributed by atoms with Crippen LogP contribution in [0.25, 0.3) is 0 Å². The molecule has 1 atom stereocenters. The summed E-state index contributed by atoms with van der Waals surface area (Å²) in [5.74, 6) is 3.79. The summed E-state index contributed by atoms with van der Waals surface area (Å²) in [6.45, 7) is 4.94. The highest BCUT2D eigenvalue weighted by Crippen LogP contribution is 2.25. The predicted octanol–water partition coefficient (Wildman–Crippen LogP) is 1.98. The number of aliphatic hydroxyl groups is 1. The first kappa shape index (κ1) is 22.3. The van der Waals surface area contributed by atoms with Crippen LogP contribution in [0.15, 0.2) is 34.9 Å². The number of nitrogens with one attached hydrogen (secondary N) is 1. The van der Waals surface area contributed by atoms with Crippen molar-refractivity contribution in [1.82, 2.24) is 19.8 Å². The largest absolute Gasteiger partial charge is 0.491 e. The maximum absolute atomic E-state index is 10.3. The van der Waals surface area contributed by atoms with Gasteiger partial charge in [0.05, 0.1) is 10.7 Å². The molecular formula is C21H26BrN5O3. The Morgan fingerprint density at radius 1 is 1.30 bits per heavy atom. The molecule has 1 aliphatic rings. The number of piperazine rings is 1. The summed E-state index contributed by atoms with van der Waals surface area (Å²) in [6, 6.07) is 7.41. The highest BCUT2D eigenvalue weighted by Gasteiger charge is 2.17. The highest BCUT2D eigenvalue weighted by molar-refractivity contribution is 9.10. The number of nitrogens with zero attached hydrogens (tertiary/aromatic N) is 4. The molecule has 1 aromatic heterocycles. The third kappa shape index (κ3) is 6.85. The van der Waals surface area contributed by atoms with Crippen molar-refractivity contribution in [3.63, 3.8) is 0 Å². The molecule has 0 unspecified atom stereocenters. The number of anilines is 2. The van der Waals surface area contributed by atoms with E-state index in [2.05, 4.69) is 54.0 Å². The molecule has 0 spiro atoms. The first-order chi connectivity index (χ1) is 14.5. The Labute approximate surface area is 185 Å². The quantitative estimate of drug-likeness (QED) is 0.532. The minimum atomic E-state index is -0.546. The van der Waals surface area contributed by atoms with E-state index in [1.54, 1.807) is 6.20 Å². The van der Waals surface area contributed by atoms with Gasteiger partial charge in [-0.1, -0.05) is 12.0 Å². The SMILES string of the molecule is C#CCOc1nc(Nc2cccc(OC[C@H](O)CN3CCN(C)CC3)c2)ncc1Br. The minimum Gasteiger partial charge on any atom is -0.491 e. The van der Waals surface area contributed by atoms with Crippen molar-refractivity contribution in [3.8, 4) is 24.0 Å². The maximum Gasteiger partial charge on any atom is 0.233 e. The van der Waals surface area contributed by atoms with Crippen LogP contribution in [-0.4, -0.2) is 84.0 Å². The summed E-state index contributed by atoms with van der Waals surface area (Å²) in [5.41, 5.74) is 0.756. The van der Waals surface area contributed by atoms with Gasteiger partial charge < -0.3 is 24.8 Å². The molecule has 1 saturated heterocycles. The fourth-order valence-electron chi connectivity index (χ4n) is 2.99. The summed E-state index contributed by atoms with van der Waals surface area (Å²) < 4.78 is 11.8. The van der Waals surface area contributed by atoms with Gasteiger partial charge in [-0.15, -0.1) is 6.42 Å². The van der Waals surface area contributed by atoms with Gasteiger partial charge >= 0.3 is 0 Å². The average Bonchev–Trinajstić information content (AvgIpc) is 2.74. The lowest BCUT2D eigenvalue weighted by molar-refractivity contribution is 0.0505. The molecule has 8 nitrogen and oxygen atoms in total. The Balaban J connectivity index is 1.53. The molecule has 9 heteroatoms. The Bertz CT molecular complexity index is 868. The summed E-state index contributed by atoms with van der Waals surface area (Å²) in [4.78, 5) is 13.1. The highest BCUT2D eigenvalue weighted by atomic mass is 79.9. The van der Waals surface area contributed by atoms with Crippen molar-refractivity contribution in [3.05, 3.63) is 34.9 Å². The summed E-state index contributed by atoms with van der Waals surface area (Å²) in [7, 11) is 2.11. The molecule has 2 N–H and O–H groups in total. The molecule has 0 aliphatic carbocycles. The number of hydrogen-bond acceptors (Lipinski definition) is 8. The maximum atomic E-state index is 10.3. The first-order valence-electron chi connectivity index (χ1n) is 9.71. The van der Waals surface area contributed by atoms with Crippen LogP contribution in [0.4, 0.5) is 11.6 Å². The van der Waals surface area contributed by atoms with Gasteiger partial charge in [-0.25, -0.2) is 4.98 Å². The number of rotatable bonds is 9. The molecule has 3 rings (SSSR count). The van der Waals surface area contributed by atoms with Gasteiger partial charge in [-0.3, -0.25) is 4.90 Å². The topological polar surface area (TPSA) is 83.0 Å². The standard InChI is InChI=1S/C21H26BrN5O3/c1-3-11-29-20-19(22)13-23-21(25-20)24-16-5-4-6-18(12-16)30-15-17(28)14-27-9-7-26(2)8-10-27/h1,4-6,12-13,17,28H,7-11,14-15H2,2H3,(H,23,24,25)/t17-/m1/s1. The van der Waals surface area contributed by atoms with Crippen molar-refractivity contribution >= 4 is 27.6 Å². The van der Waals surface area contributed by atoms with Crippen LogP contribution in [0.1, 0.15) is 0 Å². The van der Waals surface area contributed by atoms with Gasteiger partial charge in [0.1, 0.15) is 18.5 Å². The van der Waals surface area contributed by atoms with Crippen LogP contribution in [0.3, 0.4) is 0 Å². The molecular weight excluding hydrogens is 450 g/mol. The molecule has 2 heterocycles. The van der Waals surface area contributed by atoms with E-state index in [0.717, 1.165) is 31.9 Å². The summed E-state index contributed by atoms with van der Waals surface area (Å²) in [5, 5.41) is 13.4. The monoisotopic (exact) mass is 475 g/mol. The molecule has 30 heavy (non-hydrogen) atoms. The van der Waals surface area contributed by atoms with Gasteiger partial charge in [0.15, 0.2) is 6.61 Å². The fourth-order valence-corrected chi connectivity index (χ4v) is 3.29. The molecule has 0 amide bonds. The normalized spacial score (nSPS) is 15.9. The van der Waals surface area contributed by atoms with E-state index in [4.69, 9.17) is 15.9 Å². The van der Waals surface area contributed by atoms with Crippen LogP contribution < -0.4 is 14.8 Å². The number of β-amino-alcohol motifs (C(OH)–C–C–N with tert-alkyl or cyclic N) is 1. The van der Waals surface area contributed by atoms with Crippen LogP contribution in [0.2, 0.25) is 0 Å². The van der Waals surface area contributed by atoms with E-state index in [0.29, 0.717) is 28.6 Å². The van der Waals surface area contributed by atoms with E-state index in [-0.39, 0.29) is 13.2 Å². The average molecular weight is 476 g/mol. The molecule has 1 aromatic carbocycles. The van der Waals surface area contributed by atoms with Crippen LogP contribution >= 0.6 is 15.9 Å². The summed E-state index contributed by atoms with van der Waals surface area (Å²) >= 11 is 3.33. The zero-order chi connectivity index (χ0) is 21.3. The van der Waals surface area contributed by atoms with Crippen molar-refractivity contribution < 1.29 is 14.6 Å². The smallest absolute Gasteiger partial charge is 0.233 e. The van der Waals surface area contributed by atoms with E-state index in [9.17, 15) is 5.11 Å². The summed E-state index contributed by atoms with van der Waals surface area (Å²) in [6.07, 6.45) is 6.27. The van der Waals surface area contributed by atoms with Crippen molar-refractivity contribution in [2.75, 3.05) is 58.3 Å². The number of aromatic nitrogens is 2. The zero-order valence-corrected chi connectivity index (χ0v) is 18.5. The third-order valence-electron chi connectivity index (χ3n) is 4.60. The van der Waals surface area contributed by atoms with E-state index < -0.39 is 6.10 Å². The van der Waals surface area contributed by atoms with Gasteiger partial charge in [0, 0.05) is 44.5 Å². The van der Waals surface area contributed by atoms with Gasteiger partial charge in [-0.05, 0) is 35.1 Å². The number of terminal acetylenes is 1. The lowest BCUT2D eigenvalue weighted by atomic mass is 10.2. The second-order valence-electron chi connectivity index (χ2n) is 7.06. The fraction of sp³-hybridized carbons (Fsp3) is 0.429. The minimum absolute atomic E-state index is 0.120. The van der Waals surface area contributed by atoms with Crippen molar-refractivity contribution in [2.24, 2.45) is 0 Å². The molecule has 160 valence electrons. The number of halogens is 1. The Morgan fingerprint density at radius 2 is 2.10 bits per heavy atom. The molecule has 2 aromatic rings. The van der Waals surface area contributed by atoms with E-state index in [1.807, 2.05) is 24.3 Å². The lowest BCUT2D eigenvalue weighted by Gasteiger charge is -2.33. The molecule has 0 radical (unpaired) electrons. The van der Waals surface area contributed by atoms with E-state index in [1.165, 1.54) is 0 Å². The van der Waals surface area contributed by atoms with Gasteiger partial charge in [0.2, 0.25) is 11.8 Å². The molecule has 1 aliphatic heterocycles. The van der Waals surface area contributed by atoms with Gasteiger partial charge in [0.25, 0.3) is 0 Å². The zero-order valence-electron chi connectivity index (χ0n) is 16.9. The van der Waals surface area contributed by atoms with Crippen molar-refractivity contribution in [2.45, 2.75) is 6.10 Å². The number of hydrogen-bond donors (Lipinski definition) is 2. The third-order valence-corrected chi connectivity index (χ3v) is 5.15. The van der Waals surface area contributed by atoms with Gasteiger partial charge in [-0.2, -0.15) is 4.98 Å². The number of ether oxygens (including phenoxy) is 2. The van der Waals surface area contributed by atoms with Crippen LogP contribution in [0.5, 0.6) is 11.6 Å². The van der Waals surface area contributed by atoms with E-state index >= 15 is 0 Å². The molecule has 0 saturated carbocycles. The predicted molar refractivity (Wildman–Crippen MR) is 119 cm³/mol. The molecule has 0 bridgehead atoms. The van der Waals surface area contributed by atoms with Crippen LogP contribution in [-0.2, 0) is 0 Å². The first-order valence-corrected chi connectivity index (χ1v) is 10.5. The Morgan fingerprint density at radius 3 is 2.87 bits per heavy atom. The second-order valence-corrected chi connectivity index (χ2v) is 7.92. The Kier molecular flexibility index (Phi) is 8.28. The number of aliphatic hydroxyl groups excluding tert-OH is 1. The lowest BCUT2D eigenvalue weighted by Crippen LogP contribution is -2.47. The second kappa shape index (κ2) is 11.1. The number of likely N-dealkylation sites (N-methyl/N-ethyl adjacent to an activating group) is 1. The molecule has 1 fully saturated rings. The van der Waals surface area contributed by atoms with Crippen molar-refractivity contribution in [1.29, 1.82) is 0 Å².